The lowest BCUT2D eigenvalue weighted by Gasteiger charge is -2.57. The molecule has 1 amide bonds. The first kappa shape index (κ1) is 18.3. The monoisotopic (exact) mass is 383 g/mol. The van der Waals surface area contributed by atoms with Gasteiger partial charge < -0.3 is 15.3 Å². The fraction of sp³-hybridized carbons (Fsp3) is 0.696. The smallest absolute Gasteiger partial charge is 0.237 e. The average molecular weight is 384 g/mol. The van der Waals surface area contributed by atoms with Crippen LogP contribution in [0.4, 0.5) is 5.69 Å². The molecule has 5 fully saturated rings. The van der Waals surface area contributed by atoms with Gasteiger partial charge in [0.25, 0.3) is 0 Å². The highest BCUT2D eigenvalue weighted by atomic mass is 16.3. The molecule has 1 aromatic rings. The predicted molar refractivity (Wildman–Crippen MR) is 110 cm³/mol. The minimum atomic E-state index is -0.0838. The van der Waals surface area contributed by atoms with Gasteiger partial charge in [0, 0.05) is 31.7 Å². The van der Waals surface area contributed by atoms with Crippen LogP contribution in [0, 0.1) is 17.8 Å². The predicted octanol–water partition coefficient (Wildman–Crippen LogP) is 2.99. The molecule has 1 aromatic carbocycles. The third-order valence-corrected chi connectivity index (χ3v) is 7.89. The molecule has 5 heteroatoms. The second-order valence-corrected chi connectivity index (χ2v) is 9.87. The lowest BCUT2D eigenvalue weighted by Crippen LogP contribution is -2.63. The number of phenols is 1. The first-order valence-corrected chi connectivity index (χ1v) is 11.1. The number of nitrogens with zero attached hydrogens (tertiary/aromatic N) is 2. The fourth-order valence-corrected chi connectivity index (χ4v) is 6.88. The quantitative estimate of drug-likeness (QED) is 0.839. The third kappa shape index (κ3) is 3.28. The molecule has 0 spiro atoms. The summed E-state index contributed by atoms with van der Waals surface area (Å²) in [6.45, 7) is 5.44. The zero-order valence-corrected chi connectivity index (χ0v) is 16.9. The van der Waals surface area contributed by atoms with E-state index >= 15 is 0 Å². The maximum absolute atomic E-state index is 13.1. The van der Waals surface area contributed by atoms with Crippen LogP contribution in [0.2, 0.25) is 0 Å². The summed E-state index contributed by atoms with van der Waals surface area (Å²) in [4.78, 5) is 17.6. The van der Waals surface area contributed by atoms with Crippen LogP contribution in [0.25, 0.3) is 0 Å². The lowest BCUT2D eigenvalue weighted by atomic mass is 9.53. The highest BCUT2D eigenvalue weighted by Crippen LogP contribution is 2.55. The normalized spacial score (nSPS) is 35.8. The number of para-hydroxylation sites is 2. The van der Waals surface area contributed by atoms with Gasteiger partial charge in [0.1, 0.15) is 5.75 Å². The molecule has 0 aromatic heterocycles. The van der Waals surface area contributed by atoms with Crippen molar-refractivity contribution >= 4 is 11.6 Å². The SMILES string of the molecule is C[C@H](C(=O)NC12CC3CC(CC(C3)C1)C2)N1CCN(c2ccccc2O)CC1. The Bertz CT molecular complexity index is 706. The van der Waals surface area contributed by atoms with E-state index in [1.807, 2.05) is 18.2 Å². The number of anilines is 1. The average Bonchev–Trinajstić information content (AvgIpc) is 2.66. The molecule has 2 N–H and O–H groups in total. The minimum absolute atomic E-state index is 0.0838. The van der Waals surface area contributed by atoms with E-state index in [9.17, 15) is 9.90 Å². The van der Waals surface area contributed by atoms with Crippen molar-refractivity contribution < 1.29 is 9.90 Å². The fourth-order valence-electron chi connectivity index (χ4n) is 6.88. The minimum Gasteiger partial charge on any atom is -0.506 e. The molecule has 6 rings (SSSR count). The van der Waals surface area contributed by atoms with Crippen molar-refractivity contribution in [2.75, 3.05) is 31.1 Å². The molecule has 28 heavy (non-hydrogen) atoms. The molecule has 1 aliphatic heterocycles. The van der Waals surface area contributed by atoms with Gasteiger partial charge in [0.15, 0.2) is 0 Å². The number of amides is 1. The lowest BCUT2D eigenvalue weighted by molar-refractivity contribution is -0.131. The van der Waals surface area contributed by atoms with Crippen molar-refractivity contribution in [2.45, 2.75) is 57.0 Å². The Morgan fingerprint density at radius 2 is 1.61 bits per heavy atom. The molecule has 152 valence electrons. The van der Waals surface area contributed by atoms with Gasteiger partial charge >= 0.3 is 0 Å². The molecule has 1 saturated heterocycles. The zero-order valence-electron chi connectivity index (χ0n) is 16.9. The maximum atomic E-state index is 13.1. The van der Waals surface area contributed by atoms with Crippen molar-refractivity contribution in [1.82, 2.24) is 10.2 Å². The molecular weight excluding hydrogens is 350 g/mol. The number of benzene rings is 1. The van der Waals surface area contributed by atoms with E-state index in [0.717, 1.165) is 49.6 Å². The van der Waals surface area contributed by atoms with Gasteiger partial charge in [0.05, 0.1) is 11.7 Å². The van der Waals surface area contributed by atoms with Gasteiger partial charge in [-0.05, 0) is 75.3 Å². The molecule has 5 aliphatic rings. The standard InChI is InChI=1S/C23H33N3O2/c1-16(25-6-8-26(9-7-25)20-4-2-3-5-21(20)27)22(28)24-23-13-17-10-18(14-23)12-19(11-17)15-23/h2-5,16-19,27H,6-15H2,1H3,(H,24,28)/t16-,17?,18?,19?,23?/m1/s1. The Morgan fingerprint density at radius 3 is 2.18 bits per heavy atom. The number of piperazine rings is 1. The van der Waals surface area contributed by atoms with Gasteiger partial charge in [0.2, 0.25) is 5.91 Å². The number of carbonyl (C=O) groups is 1. The van der Waals surface area contributed by atoms with E-state index < -0.39 is 0 Å². The number of rotatable bonds is 4. The van der Waals surface area contributed by atoms with E-state index in [0.29, 0.717) is 5.75 Å². The van der Waals surface area contributed by atoms with Gasteiger partial charge in [-0.1, -0.05) is 12.1 Å². The van der Waals surface area contributed by atoms with Crippen molar-refractivity contribution in [2.24, 2.45) is 17.8 Å². The topological polar surface area (TPSA) is 55.8 Å². The Morgan fingerprint density at radius 1 is 1.04 bits per heavy atom. The van der Waals surface area contributed by atoms with Crippen LogP contribution >= 0.6 is 0 Å². The highest BCUT2D eigenvalue weighted by molar-refractivity contribution is 5.82. The largest absolute Gasteiger partial charge is 0.506 e. The molecule has 0 unspecified atom stereocenters. The summed E-state index contributed by atoms with van der Waals surface area (Å²) in [5.41, 5.74) is 0.991. The van der Waals surface area contributed by atoms with Crippen LogP contribution in [0.1, 0.15) is 45.4 Å². The molecule has 1 heterocycles. The number of carbonyl (C=O) groups excluding carboxylic acids is 1. The van der Waals surface area contributed by atoms with Crippen LogP contribution in [0.15, 0.2) is 24.3 Å². The number of nitrogens with one attached hydrogen (secondary N) is 1. The van der Waals surface area contributed by atoms with Crippen molar-refractivity contribution in [1.29, 1.82) is 0 Å². The summed E-state index contributed by atoms with van der Waals surface area (Å²) in [7, 11) is 0. The van der Waals surface area contributed by atoms with E-state index in [1.165, 1.54) is 38.5 Å². The number of aromatic hydroxyl groups is 1. The molecule has 4 saturated carbocycles. The van der Waals surface area contributed by atoms with E-state index in [4.69, 9.17) is 0 Å². The summed E-state index contributed by atoms with van der Waals surface area (Å²) in [6, 6.07) is 7.44. The highest BCUT2D eigenvalue weighted by Gasteiger charge is 2.51. The van der Waals surface area contributed by atoms with Gasteiger partial charge in [-0.3, -0.25) is 9.69 Å². The molecular formula is C23H33N3O2. The van der Waals surface area contributed by atoms with Crippen LogP contribution in [0.3, 0.4) is 0 Å². The van der Waals surface area contributed by atoms with Crippen LogP contribution < -0.4 is 10.2 Å². The van der Waals surface area contributed by atoms with Gasteiger partial charge in [-0.15, -0.1) is 0 Å². The molecule has 4 aliphatic carbocycles. The first-order valence-electron chi connectivity index (χ1n) is 11.1. The Labute approximate surface area is 168 Å². The summed E-state index contributed by atoms with van der Waals surface area (Å²) in [5.74, 6) is 3.11. The zero-order chi connectivity index (χ0) is 19.3. The van der Waals surface area contributed by atoms with Crippen molar-refractivity contribution in [3.8, 4) is 5.75 Å². The molecule has 5 nitrogen and oxygen atoms in total. The number of phenolic OH excluding ortho intramolecular Hbond substituents is 1. The second-order valence-electron chi connectivity index (χ2n) is 9.87. The van der Waals surface area contributed by atoms with Crippen molar-refractivity contribution in [3.63, 3.8) is 0 Å². The van der Waals surface area contributed by atoms with Gasteiger partial charge in [-0.2, -0.15) is 0 Å². The van der Waals surface area contributed by atoms with Crippen LogP contribution in [0.5, 0.6) is 5.75 Å². The maximum Gasteiger partial charge on any atom is 0.237 e. The van der Waals surface area contributed by atoms with Crippen LogP contribution in [-0.4, -0.2) is 53.7 Å². The van der Waals surface area contributed by atoms with Crippen LogP contribution in [-0.2, 0) is 4.79 Å². The molecule has 0 radical (unpaired) electrons. The number of hydrogen-bond acceptors (Lipinski definition) is 4. The first-order chi connectivity index (χ1) is 13.5. The Balaban J connectivity index is 1.19. The Kier molecular flexibility index (Phi) is 4.53. The summed E-state index contributed by atoms with van der Waals surface area (Å²) in [6.07, 6.45) is 7.83. The van der Waals surface area contributed by atoms with E-state index in [-0.39, 0.29) is 17.5 Å². The Hall–Kier alpha value is -1.75. The summed E-state index contributed by atoms with van der Waals surface area (Å²) >= 11 is 0. The van der Waals surface area contributed by atoms with Crippen molar-refractivity contribution in [3.05, 3.63) is 24.3 Å². The number of hydrogen-bond donors (Lipinski definition) is 2. The third-order valence-electron chi connectivity index (χ3n) is 7.89. The molecule has 1 atom stereocenters. The summed E-state index contributed by atoms with van der Waals surface area (Å²) in [5, 5.41) is 13.6. The summed E-state index contributed by atoms with van der Waals surface area (Å²) < 4.78 is 0. The van der Waals surface area contributed by atoms with E-state index in [1.54, 1.807) is 6.07 Å². The second kappa shape index (κ2) is 6.94. The molecule has 4 bridgehead atoms. The van der Waals surface area contributed by atoms with Gasteiger partial charge in [-0.25, -0.2) is 0 Å². The van der Waals surface area contributed by atoms with E-state index in [2.05, 4.69) is 22.0 Å².